The smallest absolute Gasteiger partial charge is 0.224 e. The summed E-state index contributed by atoms with van der Waals surface area (Å²) in [5.74, 6) is 0.0882. The van der Waals surface area contributed by atoms with Gasteiger partial charge in [-0.05, 0) is 18.6 Å². The maximum atomic E-state index is 12.1. The molecule has 0 radical (unpaired) electrons. The summed E-state index contributed by atoms with van der Waals surface area (Å²) in [6, 6.07) is 7.99. The molecule has 5 heteroatoms. The number of rotatable bonds is 6. The molecule has 0 saturated heterocycles. The first kappa shape index (κ1) is 14.9. The lowest BCUT2D eigenvalue weighted by Crippen LogP contribution is -2.32. The van der Waals surface area contributed by atoms with Gasteiger partial charge in [0.15, 0.2) is 0 Å². The van der Waals surface area contributed by atoms with Crippen LogP contribution in [0.4, 0.5) is 0 Å². The lowest BCUT2D eigenvalue weighted by atomic mass is 10.1. The highest BCUT2D eigenvalue weighted by atomic mass is 32.1. The zero-order chi connectivity index (χ0) is 14.5. The summed E-state index contributed by atoms with van der Waals surface area (Å²) in [6.07, 6.45) is 2.31. The van der Waals surface area contributed by atoms with E-state index in [4.69, 9.17) is 5.73 Å². The summed E-state index contributed by atoms with van der Waals surface area (Å²) in [5, 5.41) is 0.964. The average molecular weight is 291 g/mol. The average Bonchev–Trinajstić information content (AvgIpc) is 2.80. The van der Waals surface area contributed by atoms with E-state index in [0.29, 0.717) is 13.0 Å². The molecule has 2 N–H and O–H groups in total. The number of carbonyl (C=O) groups excluding carboxylic acids is 1. The molecule has 0 fully saturated rings. The van der Waals surface area contributed by atoms with Crippen molar-refractivity contribution >= 4 is 27.5 Å². The number of para-hydroxylation sites is 1. The fraction of sp³-hybridized carbons (Fsp3) is 0.467. The maximum absolute atomic E-state index is 12.1. The van der Waals surface area contributed by atoms with Gasteiger partial charge in [0.1, 0.15) is 5.01 Å². The van der Waals surface area contributed by atoms with Crippen LogP contribution in [-0.2, 0) is 11.3 Å². The molecule has 0 spiro atoms. The summed E-state index contributed by atoms with van der Waals surface area (Å²) >= 11 is 1.64. The predicted octanol–water partition coefficient (Wildman–Crippen LogP) is 2.77. The van der Waals surface area contributed by atoms with Gasteiger partial charge in [0, 0.05) is 19.5 Å². The number of thiazole rings is 1. The summed E-state index contributed by atoms with van der Waals surface area (Å²) in [4.78, 5) is 18.3. The zero-order valence-electron chi connectivity index (χ0n) is 12.0. The zero-order valence-corrected chi connectivity index (χ0v) is 12.8. The number of benzene rings is 1. The minimum absolute atomic E-state index is 0.0367. The van der Waals surface area contributed by atoms with E-state index in [1.54, 1.807) is 16.2 Å². The summed E-state index contributed by atoms with van der Waals surface area (Å²) in [5.41, 5.74) is 6.91. The van der Waals surface area contributed by atoms with Crippen molar-refractivity contribution in [2.45, 2.75) is 38.8 Å². The Balaban J connectivity index is 1.96. The van der Waals surface area contributed by atoms with Crippen LogP contribution in [0.5, 0.6) is 0 Å². The minimum atomic E-state index is -0.0367. The van der Waals surface area contributed by atoms with E-state index in [9.17, 15) is 4.79 Å². The molecule has 0 bridgehead atoms. The molecule has 2 aromatic rings. The molecule has 1 aromatic heterocycles. The summed E-state index contributed by atoms with van der Waals surface area (Å²) < 4.78 is 1.16. The lowest BCUT2D eigenvalue weighted by molar-refractivity contribution is -0.130. The van der Waals surface area contributed by atoms with Gasteiger partial charge >= 0.3 is 0 Å². The van der Waals surface area contributed by atoms with E-state index in [0.717, 1.165) is 28.1 Å². The quantitative estimate of drug-likeness (QED) is 0.890. The second-order valence-corrected chi connectivity index (χ2v) is 6.19. The third-order valence-corrected chi connectivity index (χ3v) is 4.25. The van der Waals surface area contributed by atoms with Gasteiger partial charge in [-0.25, -0.2) is 4.98 Å². The first-order chi connectivity index (χ1) is 9.60. The Kier molecular flexibility index (Phi) is 5.09. The normalized spacial score (nSPS) is 12.6. The van der Waals surface area contributed by atoms with Crippen molar-refractivity contribution in [1.82, 2.24) is 9.88 Å². The van der Waals surface area contributed by atoms with Crippen molar-refractivity contribution in [3.05, 3.63) is 29.3 Å². The van der Waals surface area contributed by atoms with Crippen LogP contribution >= 0.6 is 11.3 Å². The highest BCUT2D eigenvalue weighted by molar-refractivity contribution is 7.18. The van der Waals surface area contributed by atoms with Crippen molar-refractivity contribution in [3.8, 4) is 0 Å². The minimum Gasteiger partial charge on any atom is -0.339 e. The van der Waals surface area contributed by atoms with Crippen molar-refractivity contribution in [3.63, 3.8) is 0 Å². The molecule has 108 valence electrons. The highest BCUT2D eigenvalue weighted by Crippen LogP contribution is 2.22. The van der Waals surface area contributed by atoms with E-state index < -0.39 is 0 Å². The maximum Gasteiger partial charge on any atom is 0.224 e. The van der Waals surface area contributed by atoms with Crippen LogP contribution in [0, 0.1) is 0 Å². The van der Waals surface area contributed by atoms with Gasteiger partial charge < -0.3 is 10.6 Å². The van der Waals surface area contributed by atoms with Gasteiger partial charge in [0.05, 0.1) is 16.8 Å². The molecule has 0 aliphatic rings. The first-order valence-corrected chi connectivity index (χ1v) is 7.75. The molecule has 0 saturated carbocycles. The van der Waals surface area contributed by atoms with E-state index >= 15 is 0 Å². The molecule has 20 heavy (non-hydrogen) atoms. The molecule has 1 atom stereocenters. The van der Waals surface area contributed by atoms with E-state index in [1.165, 1.54) is 0 Å². The second-order valence-electron chi connectivity index (χ2n) is 5.08. The Labute approximate surface area is 123 Å². The Morgan fingerprint density at radius 1 is 1.45 bits per heavy atom. The van der Waals surface area contributed by atoms with E-state index in [1.807, 2.05) is 25.2 Å². The van der Waals surface area contributed by atoms with Gasteiger partial charge in [-0.15, -0.1) is 11.3 Å². The molecule has 0 aliphatic heterocycles. The van der Waals surface area contributed by atoms with Gasteiger partial charge in [0.25, 0.3) is 0 Å². The molecule has 1 amide bonds. The first-order valence-electron chi connectivity index (χ1n) is 6.94. The SMILES string of the molecule is CCCC(N)CC(=O)N(C)Cc1nc2ccccc2s1. The number of hydrogen-bond acceptors (Lipinski definition) is 4. The number of aromatic nitrogens is 1. The van der Waals surface area contributed by atoms with Gasteiger partial charge in [0.2, 0.25) is 5.91 Å². The molecular formula is C15H21N3OS. The monoisotopic (exact) mass is 291 g/mol. The molecule has 0 aliphatic carbocycles. The third-order valence-electron chi connectivity index (χ3n) is 3.23. The summed E-state index contributed by atoms with van der Waals surface area (Å²) in [6.45, 7) is 2.63. The number of carbonyl (C=O) groups is 1. The molecule has 1 unspecified atom stereocenters. The van der Waals surface area contributed by atoms with Gasteiger partial charge in [-0.2, -0.15) is 0 Å². The molecule has 1 aromatic carbocycles. The standard InChI is InChI=1S/C15H21N3OS/c1-3-6-11(16)9-15(19)18(2)10-14-17-12-7-4-5-8-13(12)20-14/h4-5,7-8,11H,3,6,9-10,16H2,1-2H3. The number of amides is 1. The largest absolute Gasteiger partial charge is 0.339 e. The Morgan fingerprint density at radius 3 is 2.90 bits per heavy atom. The number of hydrogen-bond donors (Lipinski definition) is 1. The van der Waals surface area contributed by atoms with Gasteiger partial charge in [-0.1, -0.05) is 25.5 Å². The lowest BCUT2D eigenvalue weighted by Gasteiger charge is -2.18. The van der Waals surface area contributed by atoms with Crippen LogP contribution < -0.4 is 5.73 Å². The summed E-state index contributed by atoms with van der Waals surface area (Å²) in [7, 11) is 1.81. The number of nitrogens with zero attached hydrogens (tertiary/aromatic N) is 2. The Bertz CT molecular complexity index is 548. The van der Waals surface area contributed by atoms with Crippen molar-refractivity contribution in [2.24, 2.45) is 5.73 Å². The van der Waals surface area contributed by atoms with E-state index in [2.05, 4.69) is 18.0 Å². The van der Waals surface area contributed by atoms with Crippen LogP contribution in [0.15, 0.2) is 24.3 Å². The van der Waals surface area contributed by atoms with Crippen molar-refractivity contribution < 1.29 is 4.79 Å². The molecule has 1 heterocycles. The third kappa shape index (κ3) is 3.77. The molecular weight excluding hydrogens is 270 g/mol. The number of fused-ring (bicyclic) bond motifs is 1. The molecule has 4 nitrogen and oxygen atoms in total. The fourth-order valence-electron chi connectivity index (χ4n) is 2.13. The van der Waals surface area contributed by atoms with Crippen LogP contribution in [0.25, 0.3) is 10.2 Å². The van der Waals surface area contributed by atoms with E-state index in [-0.39, 0.29) is 11.9 Å². The second kappa shape index (κ2) is 6.81. The predicted molar refractivity (Wildman–Crippen MR) is 83.6 cm³/mol. The van der Waals surface area contributed by atoms with Crippen LogP contribution in [0.2, 0.25) is 0 Å². The van der Waals surface area contributed by atoms with Crippen LogP contribution in [-0.4, -0.2) is 28.9 Å². The van der Waals surface area contributed by atoms with Crippen LogP contribution in [0.3, 0.4) is 0 Å². The number of nitrogens with two attached hydrogens (primary N) is 1. The van der Waals surface area contributed by atoms with Crippen LogP contribution in [0.1, 0.15) is 31.2 Å². The fourth-order valence-corrected chi connectivity index (χ4v) is 3.15. The van der Waals surface area contributed by atoms with Crippen molar-refractivity contribution in [1.29, 1.82) is 0 Å². The Morgan fingerprint density at radius 2 is 2.20 bits per heavy atom. The Hall–Kier alpha value is -1.46. The van der Waals surface area contributed by atoms with Gasteiger partial charge in [-0.3, -0.25) is 4.79 Å². The topological polar surface area (TPSA) is 59.2 Å². The van der Waals surface area contributed by atoms with Crippen molar-refractivity contribution in [2.75, 3.05) is 7.05 Å². The molecule has 2 rings (SSSR count). The highest BCUT2D eigenvalue weighted by Gasteiger charge is 2.15.